The zero-order valence-corrected chi connectivity index (χ0v) is 21.6. The minimum Gasteiger partial charge on any atom is -0.206 e. The normalized spacial score (nSPS) is 19.5. The maximum Gasteiger partial charge on any atom is 0.131 e. The summed E-state index contributed by atoms with van der Waals surface area (Å²) in [5, 5.41) is 0. The highest BCUT2D eigenvalue weighted by Crippen LogP contribution is 2.34. The Hall–Kier alpha value is -1.63. The summed E-state index contributed by atoms with van der Waals surface area (Å²) in [5.74, 6) is 2.40. The molecular weight excluding hydrogens is 403 g/mol. The van der Waals surface area contributed by atoms with Crippen LogP contribution in [0.15, 0.2) is 42.5 Å². The van der Waals surface area contributed by atoms with Gasteiger partial charge in [-0.3, -0.25) is 0 Å². The van der Waals surface area contributed by atoms with Gasteiger partial charge in [-0.25, -0.2) is 4.39 Å². The van der Waals surface area contributed by atoms with E-state index >= 15 is 0 Å². The first-order valence-corrected chi connectivity index (χ1v) is 14.0. The van der Waals surface area contributed by atoms with Gasteiger partial charge in [0.1, 0.15) is 5.82 Å². The molecule has 0 nitrogen and oxygen atoms in total. The van der Waals surface area contributed by atoms with Gasteiger partial charge in [-0.1, -0.05) is 128 Å². The van der Waals surface area contributed by atoms with Gasteiger partial charge in [-0.15, -0.1) is 0 Å². The predicted molar refractivity (Wildman–Crippen MR) is 142 cm³/mol. The Morgan fingerprint density at radius 1 is 0.788 bits per heavy atom. The molecule has 0 saturated heterocycles. The summed E-state index contributed by atoms with van der Waals surface area (Å²) < 4.78 is 14.7. The van der Waals surface area contributed by atoms with Crippen LogP contribution in [0.5, 0.6) is 0 Å². The highest BCUT2D eigenvalue weighted by molar-refractivity contribution is 5.64. The molecule has 0 spiro atoms. The summed E-state index contributed by atoms with van der Waals surface area (Å²) in [4.78, 5) is 0. The van der Waals surface area contributed by atoms with Gasteiger partial charge < -0.3 is 0 Å². The average Bonchev–Trinajstić information content (AvgIpc) is 2.84. The molecule has 2 aromatic carbocycles. The van der Waals surface area contributed by atoms with Gasteiger partial charge in [0.15, 0.2) is 0 Å². The quantitative estimate of drug-likeness (QED) is 0.266. The van der Waals surface area contributed by atoms with Crippen molar-refractivity contribution < 1.29 is 4.39 Å². The van der Waals surface area contributed by atoms with Gasteiger partial charge >= 0.3 is 0 Å². The molecule has 0 N–H and O–H groups in total. The Balaban J connectivity index is 1.41. The fraction of sp³-hybridized carbons (Fsp3) is 0.625. The fourth-order valence-electron chi connectivity index (χ4n) is 5.53. The Bertz CT molecular complexity index is 798. The average molecular weight is 451 g/mol. The van der Waals surface area contributed by atoms with Crippen LogP contribution >= 0.6 is 0 Å². The molecule has 182 valence electrons. The van der Waals surface area contributed by atoms with Gasteiger partial charge in [0.25, 0.3) is 0 Å². The van der Waals surface area contributed by atoms with E-state index in [0.717, 1.165) is 47.8 Å². The maximum absolute atomic E-state index is 14.7. The van der Waals surface area contributed by atoms with Crippen molar-refractivity contribution in [3.63, 3.8) is 0 Å². The zero-order chi connectivity index (χ0) is 23.5. The summed E-state index contributed by atoms with van der Waals surface area (Å²) in [6.45, 7) is 6.72. The Kier molecular flexibility index (Phi) is 11.0. The van der Waals surface area contributed by atoms with Gasteiger partial charge in [0.05, 0.1) is 0 Å². The Labute approximate surface area is 203 Å². The molecule has 1 heteroatoms. The molecule has 1 atom stereocenters. The number of unbranched alkanes of at least 4 members (excludes halogenated alkanes) is 4. The van der Waals surface area contributed by atoms with Crippen molar-refractivity contribution in [1.82, 2.24) is 0 Å². The summed E-state index contributed by atoms with van der Waals surface area (Å²) in [7, 11) is 0. The second kappa shape index (κ2) is 13.9. The van der Waals surface area contributed by atoms with Crippen molar-refractivity contribution in [1.29, 1.82) is 0 Å². The van der Waals surface area contributed by atoms with Crippen molar-refractivity contribution in [2.45, 2.75) is 111 Å². The van der Waals surface area contributed by atoms with Gasteiger partial charge in [-0.2, -0.15) is 0 Å². The first kappa shape index (κ1) is 26.0. The van der Waals surface area contributed by atoms with E-state index in [-0.39, 0.29) is 5.82 Å². The number of halogens is 1. The number of benzene rings is 2. The molecule has 3 rings (SSSR count). The molecule has 0 aromatic heterocycles. The van der Waals surface area contributed by atoms with E-state index in [4.69, 9.17) is 0 Å². The van der Waals surface area contributed by atoms with Crippen LogP contribution in [0.3, 0.4) is 0 Å². The van der Waals surface area contributed by atoms with Crippen molar-refractivity contribution in [3.05, 3.63) is 59.4 Å². The standard InChI is InChI=1S/C32H47F/c1-4-6-7-8-9-10-26-11-13-27(14-12-26)15-16-28-17-20-30(21-18-28)31-22-19-29(24-32(31)33)23-25(3)5-2/h17-22,24-27H,4-16,23H2,1-3H3. The van der Waals surface area contributed by atoms with Crippen molar-refractivity contribution in [3.8, 4) is 11.1 Å². The summed E-state index contributed by atoms with van der Waals surface area (Å²) in [6, 6.07) is 14.4. The van der Waals surface area contributed by atoms with E-state index in [2.05, 4.69) is 51.1 Å². The predicted octanol–water partition coefficient (Wildman–Crippen LogP) is 10.2. The maximum atomic E-state index is 14.7. The van der Waals surface area contributed by atoms with Crippen LogP contribution in [-0.2, 0) is 12.8 Å². The second-order valence-electron chi connectivity index (χ2n) is 10.9. The molecule has 1 unspecified atom stereocenters. The lowest BCUT2D eigenvalue weighted by Gasteiger charge is -2.28. The molecule has 0 amide bonds. The van der Waals surface area contributed by atoms with Crippen LogP contribution in [0.25, 0.3) is 11.1 Å². The topological polar surface area (TPSA) is 0 Å². The fourth-order valence-corrected chi connectivity index (χ4v) is 5.53. The monoisotopic (exact) mass is 450 g/mol. The second-order valence-corrected chi connectivity index (χ2v) is 10.9. The Morgan fingerprint density at radius 2 is 1.42 bits per heavy atom. The molecule has 0 heterocycles. The van der Waals surface area contributed by atoms with Gasteiger partial charge in [0.2, 0.25) is 0 Å². The van der Waals surface area contributed by atoms with E-state index in [1.54, 1.807) is 6.07 Å². The molecular formula is C32H47F. The highest BCUT2D eigenvalue weighted by atomic mass is 19.1. The lowest BCUT2D eigenvalue weighted by molar-refractivity contribution is 0.248. The first-order chi connectivity index (χ1) is 16.1. The third-order valence-electron chi connectivity index (χ3n) is 8.10. The van der Waals surface area contributed by atoms with E-state index in [1.807, 2.05) is 6.07 Å². The molecule has 2 aromatic rings. The van der Waals surface area contributed by atoms with Gasteiger partial charge in [-0.05, 0) is 59.8 Å². The third-order valence-corrected chi connectivity index (χ3v) is 8.10. The third kappa shape index (κ3) is 8.58. The molecule has 1 saturated carbocycles. The molecule has 1 aliphatic rings. The van der Waals surface area contributed by atoms with Crippen molar-refractivity contribution in [2.75, 3.05) is 0 Å². The zero-order valence-electron chi connectivity index (χ0n) is 21.6. The van der Waals surface area contributed by atoms with E-state index in [9.17, 15) is 4.39 Å². The SMILES string of the molecule is CCCCCCCC1CCC(CCc2ccc(-c3ccc(CC(C)CC)cc3F)cc2)CC1. The smallest absolute Gasteiger partial charge is 0.131 e. The molecule has 33 heavy (non-hydrogen) atoms. The van der Waals surface area contributed by atoms with Gasteiger partial charge in [0, 0.05) is 5.56 Å². The highest BCUT2D eigenvalue weighted by Gasteiger charge is 2.20. The van der Waals surface area contributed by atoms with Crippen LogP contribution < -0.4 is 0 Å². The number of rotatable bonds is 13. The van der Waals surface area contributed by atoms with E-state index in [0.29, 0.717) is 5.92 Å². The minimum atomic E-state index is -0.0920. The number of hydrogen-bond donors (Lipinski definition) is 0. The van der Waals surface area contributed by atoms with Crippen LogP contribution in [-0.4, -0.2) is 0 Å². The van der Waals surface area contributed by atoms with E-state index in [1.165, 1.54) is 76.2 Å². The summed E-state index contributed by atoms with van der Waals surface area (Å²) in [5.41, 5.74) is 4.22. The molecule has 1 aliphatic carbocycles. The molecule has 0 aliphatic heterocycles. The number of hydrogen-bond acceptors (Lipinski definition) is 0. The van der Waals surface area contributed by atoms with Crippen LogP contribution in [0.4, 0.5) is 4.39 Å². The molecule has 0 bridgehead atoms. The summed E-state index contributed by atoms with van der Waals surface area (Å²) >= 11 is 0. The molecule has 1 fully saturated rings. The van der Waals surface area contributed by atoms with Crippen LogP contribution in [0.1, 0.15) is 109 Å². The largest absolute Gasteiger partial charge is 0.206 e. The number of aryl methyl sites for hydroxylation is 1. The van der Waals surface area contributed by atoms with Crippen molar-refractivity contribution >= 4 is 0 Å². The minimum absolute atomic E-state index is 0.0920. The lowest BCUT2D eigenvalue weighted by Crippen LogP contribution is -2.15. The van der Waals surface area contributed by atoms with Crippen LogP contribution in [0, 0.1) is 23.6 Å². The Morgan fingerprint density at radius 3 is 2.06 bits per heavy atom. The lowest BCUT2D eigenvalue weighted by atomic mass is 9.77. The van der Waals surface area contributed by atoms with E-state index < -0.39 is 0 Å². The molecule has 0 radical (unpaired) electrons. The first-order valence-electron chi connectivity index (χ1n) is 14.0. The summed E-state index contributed by atoms with van der Waals surface area (Å²) in [6.07, 6.45) is 18.8. The van der Waals surface area contributed by atoms with Crippen molar-refractivity contribution in [2.24, 2.45) is 17.8 Å². The van der Waals surface area contributed by atoms with Crippen LogP contribution in [0.2, 0.25) is 0 Å².